The van der Waals surface area contributed by atoms with Gasteiger partial charge in [-0.2, -0.15) is 5.11 Å². The van der Waals surface area contributed by atoms with Crippen LogP contribution in [0.4, 0.5) is 17.1 Å². The van der Waals surface area contributed by atoms with E-state index in [9.17, 15) is 18.3 Å². The fourth-order valence-electron chi connectivity index (χ4n) is 5.04. The van der Waals surface area contributed by atoms with Crippen LogP contribution in [-0.4, -0.2) is 48.9 Å². The average molecular weight is 596 g/mol. The first kappa shape index (κ1) is 29.5. The molecule has 1 aromatic heterocycles. The largest absolute Gasteiger partial charge is 0.492 e. The van der Waals surface area contributed by atoms with Gasteiger partial charge in [-0.1, -0.05) is 32.1 Å². The van der Waals surface area contributed by atoms with Gasteiger partial charge in [0, 0.05) is 12.6 Å². The average Bonchev–Trinajstić information content (AvgIpc) is 3.27. The normalized spacial score (nSPS) is 17.8. The molecule has 13 heteroatoms. The van der Waals surface area contributed by atoms with Crippen molar-refractivity contribution in [3.8, 4) is 5.75 Å². The molecule has 1 atom stereocenters. The second kappa shape index (κ2) is 10.4. The Bertz CT molecular complexity index is 1690. The Morgan fingerprint density at radius 1 is 1.17 bits per heavy atom. The van der Waals surface area contributed by atoms with Crippen LogP contribution in [0.3, 0.4) is 0 Å². The van der Waals surface area contributed by atoms with Gasteiger partial charge in [0.2, 0.25) is 10.0 Å². The number of aromatic nitrogens is 2. The van der Waals surface area contributed by atoms with Crippen molar-refractivity contribution in [2.24, 2.45) is 17.4 Å². The van der Waals surface area contributed by atoms with Gasteiger partial charge in [-0.05, 0) is 60.6 Å². The van der Waals surface area contributed by atoms with Crippen LogP contribution in [0.2, 0.25) is 0 Å². The highest BCUT2D eigenvalue weighted by Crippen LogP contribution is 2.45. The minimum atomic E-state index is -3.61. The highest BCUT2D eigenvalue weighted by atomic mass is 32.2. The number of nitrogens with zero attached hydrogens (tertiary/aromatic N) is 5. The van der Waals surface area contributed by atoms with Crippen molar-refractivity contribution < 1.29 is 23.1 Å². The lowest BCUT2D eigenvalue weighted by Crippen LogP contribution is -2.21. The summed E-state index contributed by atoms with van der Waals surface area (Å²) in [6, 6.07) is 8.54. The number of sulfonamides is 1. The molecular weight excluding hydrogens is 558 g/mol. The number of amides is 1. The Morgan fingerprint density at radius 3 is 2.48 bits per heavy atom. The molecule has 2 aliphatic rings. The third-order valence-corrected chi connectivity index (χ3v) is 8.19. The van der Waals surface area contributed by atoms with E-state index >= 15 is 0 Å². The van der Waals surface area contributed by atoms with Crippen molar-refractivity contribution >= 4 is 33.0 Å². The van der Waals surface area contributed by atoms with Crippen LogP contribution in [0, 0.1) is 6.92 Å². The first-order valence-electron chi connectivity index (χ1n) is 13.6. The van der Waals surface area contributed by atoms with Gasteiger partial charge < -0.3 is 19.7 Å². The minimum Gasteiger partial charge on any atom is -0.492 e. The summed E-state index contributed by atoms with van der Waals surface area (Å²) in [6.45, 7) is 8.37. The zero-order valence-electron chi connectivity index (χ0n) is 24.9. The van der Waals surface area contributed by atoms with Gasteiger partial charge in [0.1, 0.15) is 17.5 Å². The van der Waals surface area contributed by atoms with E-state index in [1.54, 1.807) is 35.5 Å². The van der Waals surface area contributed by atoms with Crippen LogP contribution in [0.1, 0.15) is 72.7 Å². The summed E-state index contributed by atoms with van der Waals surface area (Å²) in [5.74, 6) is 0.450. The SMILES string of the molecule is COc1c(NC(=O)c2ccc(C)c(N3CC(c4cnc(C5(O)CC5)n4C)N=N3)c2)cc(C(C)(C)C)cc1NS(C)(=O)=O. The number of imidazole rings is 1. The van der Waals surface area contributed by atoms with E-state index in [4.69, 9.17) is 4.74 Å². The molecule has 1 unspecified atom stereocenters. The molecule has 12 nitrogen and oxygen atoms in total. The van der Waals surface area contributed by atoms with E-state index in [1.165, 1.54) is 7.11 Å². The summed E-state index contributed by atoms with van der Waals surface area (Å²) < 4.78 is 34.1. The number of carbonyl (C=O) groups excluding carboxylic acids is 1. The quantitative estimate of drug-likeness (QED) is 0.345. The van der Waals surface area contributed by atoms with Crippen molar-refractivity contribution in [2.75, 3.05) is 35.0 Å². The first-order valence-corrected chi connectivity index (χ1v) is 15.5. The standard InChI is InChI=1S/C29H37N7O5S/c1-17-8-9-18(12-23(17)36-16-22(32-34-36)24-15-30-27(35(24)5)29(38)10-11-29)26(37)31-20-13-19(28(2,3)4)14-21(25(20)41-6)33-42(7,39)40/h8-9,12-15,22,33,38H,10-11,16H2,1-7H3,(H,31,37). The maximum atomic E-state index is 13.5. The highest BCUT2D eigenvalue weighted by molar-refractivity contribution is 7.92. The van der Waals surface area contributed by atoms with Crippen LogP contribution in [-0.2, 0) is 28.1 Å². The van der Waals surface area contributed by atoms with Gasteiger partial charge in [-0.15, -0.1) is 0 Å². The van der Waals surface area contributed by atoms with E-state index in [2.05, 4.69) is 25.4 Å². The maximum absolute atomic E-state index is 13.5. The lowest BCUT2D eigenvalue weighted by atomic mass is 9.86. The minimum absolute atomic E-state index is 0.205. The van der Waals surface area contributed by atoms with E-state index in [0.717, 1.165) is 28.8 Å². The summed E-state index contributed by atoms with van der Waals surface area (Å²) >= 11 is 0. The molecule has 1 fully saturated rings. The zero-order valence-corrected chi connectivity index (χ0v) is 25.7. The van der Waals surface area contributed by atoms with Crippen LogP contribution in [0.25, 0.3) is 0 Å². The number of aliphatic hydroxyl groups is 1. The molecule has 5 rings (SSSR count). The zero-order chi connectivity index (χ0) is 30.6. The Balaban J connectivity index is 1.40. The smallest absolute Gasteiger partial charge is 0.255 e. The summed E-state index contributed by atoms with van der Waals surface area (Å²) in [6.07, 6.45) is 4.20. The number of nitrogens with one attached hydrogen (secondary N) is 2. The number of ether oxygens (including phenoxy) is 1. The van der Waals surface area contributed by atoms with Crippen molar-refractivity contribution in [1.82, 2.24) is 9.55 Å². The summed E-state index contributed by atoms with van der Waals surface area (Å²) in [7, 11) is -0.307. The van der Waals surface area contributed by atoms with E-state index in [0.29, 0.717) is 36.5 Å². The number of hydrogen-bond acceptors (Lipinski definition) is 9. The fourth-order valence-corrected chi connectivity index (χ4v) is 5.59. The molecule has 0 radical (unpaired) electrons. The molecule has 1 amide bonds. The maximum Gasteiger partial charge on any atom is 0.255 e. The molecule has 0 saturated heterocycles. The van der Waals surface area contributed by atoms with Gasteiger partial charge in [-0.25, -0.2) is 18.4 Å². The van der Waals surface area contributed by atoms with Crippen molar-refractivity contribution in [3.63, 3.8) is 0 Å². The van der Waals surface area contributed by atoms with Gasteiger partial charge >= 0.3 is 0 Å². The number of methoxy groups -OCH3 is 1. The van der Waals surface area contributed by atoms with E-state index < -0.39 is 21.5 Å². The molecule has 42 heavy (non-hydrogen) atoms. The molecule has 1 saturated carbocycles. The van der Waals surface area contributed by atoms with Gasteiger partial charge in [0.15, 0.2) is 5.75 Å². The number of hydrogen-bond donors (Lipinski definition) is 3. The molecule has 0 spiro atoms. The molecule has 2 aromatic carbocycles. The molecule has 3 N–H and O–H groups in total. The van der Waals surface area contributed by atoms with Crippen LogP contribution in [0.5, 0.6) is 5.75 Å². The lowest BCUT2D eigenvalue weighted by molar-refractivity contribution is 0.102. The Kier molecular flexibility index (Phi) is 7.30. The summed E-state index contributed by atoms with van der Waals surface area (Å²) in [4.78, 5) is 18.0. The molecule has 224 valence electrons. The summed E-state index contributed by atoms with van der Waals surface area (Å²) in [5, 5.41) is 24.0. The van der Waals surface area contributed by atoms with Crippen LogP contribution >= 0.6 is 0 Å². The van der Waals surface area contributed by atoms with Crippen molar-refractivity contribution in [1.29, 1.82) is 0 Å². The number of benzene rings is 2. The predicted octanol–water partition coefficient (Wildman–Crippen LogP) is 4.57. The fraction of sp³-hybridized carbons (Fsp3) is 0.448. The number of anilines is 3. The Morgan fingerprint density at radius 2 is 1.86 bits per heavy atom. The van der Waals surface area contributed by atoms with Gasteiger partial charge in [0.05, 0.1) is 48.9 Å². The van der Waals surface area contributed by atoms with Gasteiger partial charge in [-0.3, -0.25) is 9.52 Å². The third kappa shape index (κ3) is 5.84. The van der Waals surface area contributed by atoms with E-state index in [1.807, 2.05) is 45.4 Å². The van der Waals surface area contributed by atoms with Crippen molar-refractivity contribution in [3.05, 3.63) is 64.7 Å². The predicted molar refractivity (Wildman–Crippen MR) is 161 cm³/mol. The van der Waals surface area contributed by atoms with E-state index in [-0.39, 0.29) is 22.9 Å². The molecule has 1 aliphatic carbocycles. The Labute approximate surface area is 245 Å². The van der Waals surface area contributed by atoms with Crippen LogP contribution in [0.15, 0.2) is 46.9 Å². The second-order valence-electron chi connectivity index (χ2n) is 12.1. The first-order chi connectivity index (χ1) is 19.6. The topological polar surface area (TPSA) is 151 Å². The number of carbonyl (C=O) groups is 1. The molecular formula is C29H37N7O5S. The molecule has 3 aromatic rings. The van der Waals surface area contributed by atoms with Crippen molar-refractivity contribution in [2.45, 2.75) is 57.6 Å². The van der Waals surface area contributed by atoms with Gasteiger partial charge in [0.25, 0.3) is 5.91 Å². The Hall–Kier alpha value is -3.97. The second-order valence-corrected chi connectivity index (χ2v) is 13.8. The number of aryl methyl sites for hydroxylation is 1. The highest BCUT2D eigenvalue weighted by Gasteiger charge is 2.46. The molecule has 0 bridgehead atoms. The monoisotopic (exact) mass is 595 g/mol. The summed E-state index contributed by atoms with van der Waals surface area (Å²) in [5.41, 5.74) is 3.09. The lowest BCUT2D eigenvalue weighted by Gasteiger charge is -2.24. The molecule has 2 heterocycles. The third-order valence-electron chi connectivity index (χ3n) is 7.60. The molecule has 1 aliphatic heterocycles. The van der Waals surface area contributed by atoms with Crippen LogP contribution < -0.4 is 19.8 Å². The number of rotatable bonds is 8.